The van der Waals surface area contributed by atoms with Crippen molar-refractivity contribution >= 4 is 21.6 Å². The number of hydrogen-bond donors (Lipinski definition) is 0. The van der Waals surface area contributed by atoms with Crippen LogP contribution in [0, 0.1) is 0 Å². The molecule has 0 saturated carbocycles. The van der Waals surface area contributed by atoms with Crippen LogP contribution in [0.25, 0.3) is 10.2 Å². The molecule has 0 radical (unpaired) electrons. The van der Waals surface area contributed by atoms with Gasteiger partial charge in [-0.25, -0.2) is 4.98 Å². The highest BCUT2D eigenvalue weighted by Gasteiger charge is 2.04. The Labute approximate surface area is 110 Å². The zero-order valence-corrected chi connectivity index (χ0v) is 10.9. The molecule has 2 nitrogen and oxygen atoms in total. The van der Waals surface area contributed by atoms with E-state index in [4.69, 9.17) is 4.74 Å². The summed E-state index contributed by atoms with van der Waals surface area (Å²) >= 11 is 1.75. The van der Waals surface area contributed by atoms with Crippen LogP contribution in [0.4, 0.5) is 0 Å². The van der Waals surface area contributed by atoms with Crippen LogP contribution in [0.15, 0.2) is 48.5 Å². The Morgan fingerprint density at radius 3 is 2.67 bits per heavy atom. The average molecular weight is 255 g/mol. The molecule has 0 fully saturated rings. The smallest absolute Gasteiger partial charge is 0.129 e. The van der Waals surface area contributed by atoms with Crippen molar-refractivity contribution in [2.45, 2.75) is 13.3 Å². The third kappa shape index (κ3) is 2.22. The van der Waals surface area contributed by atoms with Gasteiger partial charge < -0.3 is 4.74 Å². The Bertz CT molecular complexity index is 661. The first-order valence-electron chi connectivity index (χ1n) is 5.97. The summed E-state index contributed by atoms with van der Waals surface area (Å²) in [6, 6.07) is 15.9. The van der Waals surface area contributed by atoms with E-state index >= 15 is 0 Å². The van der Waals surface area contributed by atoms with E-state index < -0.39 is 0 Å². The summed E-state index contributed by atoms with van der Waals surface area (Å²) in [5.74, 6) is 1.68. The summed E-state index contributed by atoms with van der Waals surface area (Å²) in [5.41, 5.74) is 1.02. The lowest BCUT2D eigenvalue weighted by Crippen LogP contribution is -1.83. The van der Waals surface area contributed by atoms with Crippen molar-refractivity contribution < 1.29 is 4.74 Å². The van der Waals surface area contributed by atoms with Gasteiger partial charge in [-0.15, -0.1) is 11.3 Å². The number of aryl methyl sites for hydroxylation is 1. The SMILES string of the molecule is CCc1nc2cc(Oc3ccccc3)ccc2s1. The van der Waals surface area contributed by atoms with Crippen LogP contribution in [-0.2, 0) is 6.42 Å². The Balaban J connectivity index is 1.93. The van der Waals surface area contributed by atoms with Gasteiger partial charge in [0.05, 0.1) is 15.2 Å². The van der Waals surface area contributed by atoms with E-state index in [0.29, 0.717) is 0 Å². The molecule has 0 saturated heterocycles. The molecular weight excluding hydrogens is 242 g/mol. The van der Waals surface area contributed by atoms with Crippen LogP contribution in [-0.4, -0.2) is 4.98 Å². The van der Waals surface area contributed by atoms with Crippen LogP contribution in [0.2, 0.25) is 0 Å². The molecule has 3 heteroatoms. The largest absolute Gasteiger partial charge is 0.457 e. The number of hydrogen-bond acceptors (Lipinski definition) is 3. The normalized spacial score (nSPS) is 10.7. The molecule has 1 aromatic heterocycles. The number of thiazole rings is 1. The Morgan fingerprint density at radius 2 is 1.89 bits per heavy atom. The number of ether oxygens (including phenoxy) is 1. The van der Waals surface area contributed by atoms with Gasteiger partial charge in [0.15, 0.2) is 0 Å². The molecule has 0 amide bonds. The molecule has 18 heavy (non-hydrogen) atoms. The van der Waals surface area contributed by atoms with Crippen LogP contribution in [0.5, 0.6) is 11.5 Å². The number of rotatable bonds is 3. The maximum absolute atomic E-state index is 5.79. The van der Waals surface area contributed by atoms with E-state index in [0.717, 1.165) is 23.4 Å². The Hall–Kier alpha value is -1.87. The predicted molar refractivity (Wildman–Crippen MR) is 75.5 cm³/mol. The van der Waals surface area contributed by atoms with Crippen LogP contribution >= 0.6 is 11.3 Å². The van der Waals surface area contributed by atoms with E-state index in [1.54, 1.807) is 11.3 Å². The van der Waals surface area contributed by atoms with Crippen molar-refractivity contribution in [3.8, 4) is 11.5 Å². The van der Waals surface area contributed by atoms with E-state index in [1.165, 1.54) is 9.71 Å². The summed E-state index contributed by atoms with van der Waals surface area (Å²) in [7, 11) is 0. The maximum Gasteiger partial charge on any atom is 0.129 e. The van der Waals surface area contributed by atoms with Crippen molar-refractivity contribution in [2.75, 3.05) is 0 Å². The molecule has 0 aliphatic rings. The van der Waals surface area contributed by atoms with Crippen LogP contribution < -0.4 is 4.74 Å². The summed E-state index contributed by atoms with van der Waals surface area (Å²) in [6.45, 7) is 2.12. The predicted octanol–water partition coefficient (Wildman–Crippen LogP) is 4.65. The van der Waals surface area contributed by atoms with Gasteiger partial charge in [-0.2, -0.15) is 0 Å². The molecule has 3 aromatic rings. The molecule has 2 aromatic carbocycles. The van der Waals surface area contributed by atoms with Crippen LogP contribution in [0.1, 0.15) is 11.9 Å². The Kier molecular flexibility index (Phi) is 2.99. The van der Waals surface area contributed by atoms with Gasteiger partial charge in [0.2, 0.25) is 0 Å². The first-order chi connectivity index (χ1) is 8.85. The van der Waals surface area contributed by atoms with E-state index in [9.17, 15) is 0 Å². The van der Waals surface area contributed by atoms with Gasteiger partial charge in [-0.3, -0.25) is 0 Å². The molecule has 1 heterocycles. The van der Waals surface area contributed by atoms with Crippen molar-refractivity contribution in [1.29, 1.82) is 0 Å². The Morgan fingerprint density at radius 1 is 1.06 bits per heavy atom. The molecule has 0 bridgehead atoms. The minimum absolute atomic E-state index is 0.835. The van der Waals surface area contributed by atoms with Crippen molar-refractivity contribution in [1.82, 2.24) is 4.98 Å². The van der Waals surface area contributed by atoms with Gasteiger partial charge >= 0.3 is 0 Å². The third-order valence-corrected chi connectivity index (χ3v) is 3.87. The molecule has 90 valence electrons. The standard InChI is InChI=1S/C15H13NOS/c1-2-15-16-13-10-12(8-9-14(13)18-15)17-11-6-4-3-5-7-11/h3-10H,2H2,1H3. The lowest BCUT2D eigenvalue weighted by atomic mass is 10.3. The molecule has 0 spiro atoms. The zero-order chi connectivity index (χ0) is 12.4. The lowest BCUT2D eigenvalue weighted by molar-refractivity contribution is 0.483. The fourth-order valence-corrected chi connectivity index (χ4v) is 2.68. The van der Waals surface area contributed by atoms with E-state index in [1.807, 2.05) is 42.5 Å². The quantitative estimate of drug-likeness (QED) is 0.679. The second-order valence-electron chi connectivity index (χ2n) is 4.01. The van der Waals surface area contributed by atoms with Gasteiger partial charge in [0, 0.05) is 6.07 Å². The summed E-state index contributed by atoms with van der Waals surface area (Å²) in [5, 5.41) is 1.17. The summed E-state index contributed by atoms with van der Waals surface area (Å²) < 4.78 is 7.01. The monoisotopic (exact) mass is 255 g/mol. The zero-order valence-electron chi connectivity index (χ0n) is 10.1. The number of para-hydroxylation sites is 1. The summed E-state index contributed by atoms with van der Waals surface area (Å²) in [4.78, 5) is 4.57. The fourth-order valence-electron chi connectivity index (χ4n) is 1.79. The second-order valence-corrected chi connectivity index (χ2v) is 5.12. The van der Waals surface area contributed by atoms with Gasteiger partial charge in [-0.1, -0.05) is 25.1 Å². The lowest BCUT2D eigenvalue weighted by Gasteiger charge is -2.04. The highest BCUT2D eigenvalue weighted by Crippen LogP contribution is 2.28. The third-order valence-electron chi connectivity index (χ3n) is 2.68. The fraction of sp³-hybridized carbons (Fsp3) is 0.133. The molecule has 0 atom stereocenters. The first-order valence-corrected chi connectivity index (χ1v) is 6.79. The number of aromatic nitrogens is 1. The minimum Gasteiger partial charge on any atom is -0.457 e. The van der Waals surface area contributed by atoms with Gasteiger partial charge in [0.1, 0.15) is 11.5 Å². The highest BCUT2D eigenvalue weighted by molar-refractivity contribution is 7.18. The maximum atomic E-state index is 5.79. The molecular formula is C15H13NOS. The molecule has 0 aliphatic heterocycles. The highest BCUT2D eigenvalue weighted by atomic mass is 32.1. The molecule has 0 aliphatic carbocycles. The van der Waals surface area contributed by atoms with E-state index in [-0.39, 0.29) is 0 Å². The van der Waals surface area contributed by atoms with Crippen molar-refractivity contribution in [2.24, 2.45) is 0 Å². The van der Waals surface area contributed by atoms with Crippen LogP contribution in [0.3, 0.4) is 0 Å². The average Bonchev–Trinajstić information content (AvgIpc) is 2.82. The topological polar surface area (TPSA) is 22.1 Å². The number of benzene rings is 2. The molecule has 0 N–H and O–H groups in total. The minimum atomic E-state index is 0.835. The van der Waals surface area contributed by atoms with Gasteiger partial charge in [-0.05, 0) is 30.7 Å². The van der Waals surface area contributed by atoms with E-state index in [2.05, 4.69) is 18.0 Å². The molecule has 3 rings (SSSR count). The van der Waals surface area contributed by atoms with Gasteiger partial charge in [0.25, 0.3) is 0 Å². The van der Waals surface area contributed by atoms with Crippen molar-refractivity contribution in [3.05, 3.63) is 53.5 Å². The number of fused-ring (bicyclic) bond motifs is 1. The second kappa shape index (κ2) is 4.78. The van der Waals surface area contributed by atoms with Crippen molar-refractivity contribution in [3.63, 3.8) is 0 Å². The molecule has 0 unspecified atom stereocenters. The number of nitrogens with zero attached hydrogens (tertiary/aromatic N) is 1. The summed E-state index contributed by atoms with van der Waals surface area (Å²) in [6.07, 6.45) is 0.980. The first kappa shape index (κ1) is 11.2.